The average molecular weight is 292 g/mol. The number of hydrogen-bond donors (Lipinski definition) is 1. The highest BCUT2D eigenvalue weighted by Crippen LogP contribution is 2.26. The molecule has 104 valence electrons. The van der Waals surface area contributed by atoms with E-state index >= 15 is 0 Å². The molecule has 7 heteroatoms. The number of hydrogen-bond acceptors (Lipinski definition) is 3. The first-order valence-corrected chi connectivity index (χ1v) is 5.91. The fourth-order valence-corrected chi connectivity index (χ4v) is 1.55. The van der Waals surface area contributed by atoms with Gasteiger partial charge in [0, 0.05) is 12.5 Å². The van der Waals surface area contributed by atoms with Gasteiger partial charge in [-0.3, -0.25) is 9.59 Å². The molecule has 4 nitrogen and oxygen atoms in total. The monoisotopic (exact) mass is 291 g/mol. The largest absolute Gasteiger partial charge is 0.466 e. The first-order chi connectivity index (χ1) is 8.93. The first kappa shape index (κ1) is 15.4. The zero-order valence-corrected chi connectivity index (χ0v) is 10.9. The van der Waals surface area contributed by atoms with Gasteiger partial charge in [-0.2, -0.15) is 0 Å². The molecule has 19 heavy (non-hydrogen) atoms. The maximum absolute atomic E-state index is 13.4. The van der Waals surface area contributed by atoms with E-state index in [0.29, 0.717) is 6.07 Å². The zero-order chi connectivity index (χ0) is 14.4. The molecule has 0 unspecified atom stereocenters. The van der Waals surface area contributed by atoms with Crippen LogP contribution < -0.4 is 5.32 Å². The van der Waals surface area contributed by atoms with Crippen LogP contribution in [-0.2, 0) is 14.3 Å². The molecular weight excluding hydrogens is 280 g/mol. The van der Waals surface area contributed by atoms with Crippen molar-refractivity contribution in [3.63, 3.8) is 0 Å². The Morgan fingerprint density at radius 3 is 2.58 bits per heavy atom. The predicted molar refractivity (Wildman–Crippen MR) is 65.9 cm³/mol. The number of carbonyl (C=O) groups excluding carboxylic acids is 2. The number of nitrogens with one attached hydrogen (secondary N) is 1. The summed E-state index contributed by atoms with van der Waals surface area (Å²) in [6, 6.07) is 1.48. The molecule has 1 amide bonds. The Hall–Kier alpha value is -1.69. The summed E-state index contributed by atoms with van der Waals surface area (Å²) in [7, 11) is 0. The number of anilines is 1. The topological polar surface area (TPSA) is 55.4 Å². The summed E-state index contributed by atoms with van der Waals surface area (Å²) in [5.41, 5.74) is -0.308. The molecule has 0 bridgehead atoms. The molecule has 0 fully saturated rings. The Labute approximate surface area is 113 Å². The predicted octanol–water partition coefficient (Wildman–Crippen LogP) is 2.90. The van der Waals surface area contributed by atoms with Gasteiger partial charge in [-0.25, -0.2) is 8.78 Å². The number of rotatable bonds is 5. The van der Waals surface area contributed by atoms with Crippen molar-refractivity contribution in [3.8, 4) is 0 Å². The van der Waals surface area contributed by atoms with Crippen LogP contribution in [0.2, 0.25) is 5.02 Å². The van der Waals surface area contributed by atoms with Crippen molar-refractivity contribution < 1.29 is 23.1 Å². The third-order valence-corrected chi connectivity index (χ3v) is 2.43. The molecule has 0 aliphatic carbocycles. The smallest absolute Gasteiger partial charge is 0.306 e. The maximum atomic E-state index is 13.4. The number of ether oxygens (including phenoxy) is 1. The molecule has 0 spiro atoms. The van der Waals surface area contributed by atoms with Crippen molar-refractivity contribution in [3.05, 3.63) is 28.8 Å². The maximum Gasteiger partial charge on any atom is 0.306 e. The molecule has 0 saturated carbocycles. The van der Waals surface area contributed by atoms with Gasteiger partial charge in [0.1, 0.15) is 5.82 Å². The summed E-state index contributed by atoms with van der Waals surface area (Å²) in [6.45, 7) is 1.87. The van der Waals surface area contributed by atoms with Gasteiger partial charge >= 0.3 is 5.97 Å². The van der Waals surface area contributed by atoms with Gasteiger partial charge in [0.15, 0.2) is 5.82 Å². The van der Waals surface area contributed by atoms with Crippen molar-refractivity contribution >= 4 is 29.2 Å². The number of halogens is 3. The van der Waals surface area contributed by atoms with Gasteiger partial charge < -0.3 is 10.1 Å². The highest BCUT2D eigenvalue weighted by Gasteiger charge is 2.14. The van der Waals surface area contributed by atoms with Gasteiger partial charge in [0.25, 0.3) is 0 Å². The van der Waals surface area contributed by atoms with Crippen LogP contribution in [0.1, 0.15) is 19.8 Å². The molecule has 0 saturated heterocycles. The van der Waals surface area contributed by atoms with Crippen molar-refractivity contribution in [1.29, 1.82) is 0 Å². The van der Waals surface area contributed by atoms with Crippen LogP contribution in [0.3, 0.4) is 0 Å². The van der Waals surface area contributed by atoms with Crippen LogP contribution in [0.4, 0.5) is 14.5 Å². The molecule has 1 rings (SSSR count). The molecule has 0 aliphatic heterocycles. The summed E-state index contributed by atoms with van der Waals surface area (Å²) < 4.78 is 30.8. The standard InChI is InChI=1S/C12H12ClF2NO3/c1-2-19-11(18)4-3-10(17)16-12-8(13)5-7(14)6-9(12)15/h5-6H,2-4H2,1H3,(H,16,17). The van der Waals surface area contributed by atoms with Crippen LogP contribution >= 0.6 is 11.6 Å². The second kappa shape index (κ2) is 7.04. The van der Waals surface area contributed by atoms with Crippen molar-refractivity contribution in [1.82, 2.24) is 0 Å². The molecule has 1 aromatic carbocycles. The van der Waals surface area contributed by atoms with E-state index in [1.165, 1.54) is 0 Å². The summed E-state index contributed by atoms with van der Waals surface area (Å²) in [6.07, 6.45) is -0.300. The number of carbonyl (C=O) groups is 2. The Balaban J connectivity index is 2.60. The van der Waals surface area contributed by atoms with E-state index < -0.39 is 23.5 Å². The summed E-state index contributed by atoms with van der Waals surface area (Å²) >= 11 is 5.60. The minimum absolute atomic E-state index is 0.125. The highest BCUT2D eigenvalue weighted by molar-refractivity contribution is 6.33. The van der Waals surface area contributed by atoms with E-state index in [9.17, 15) is 18.4 Å². The lowest BCUT2D eigenvalue weighted by molar-refractivity contribution is -0.144. The van der Waals surface area contributed by atoms with E-state index in [1.54, 1.807) is 6.92 Å². The van der Waals surface area contributed by atoms with Crippen molar-refractivity contribution in [2.45, 2.75) is 19.8 Å². The lowest BCUT2D eigenvalue weighted by atomic mass is 10.2. The minimum atomic E-state index is -0.977. The Kier molecular flexibility index (Phi) is 5.69. The summed E-state index contributed by atoms with van der Waals surface area (Å²) in [5, 5.41) is 1.93. The molecule has 0 atom stereocenters. The summed E-state index contributed by atoms with van der Waals surface area (Å²) in [4.78, 5) is 22.5. The average Bonchev–Trinajstić information content (AvgIpc) is 2.31. The molecule has 0 heterocycles. The van der Waals surface area contributed by atoms with E-state index in [1.807, 2.05) is 0 Å². The summed E-state index contributed by atoms with van der Waals surface area (Å²) in [5.74, 6) is -2.95. The second-order valence-electron chi connectivity index (χ2n) is 3.60. The third kappa shape index (κ3) is 4.82. The number of amides is 1. The molecular formula is C12H12ClF2NO3. The van der Waals surface area contributed by atoms with Gasteiger partial charge in [-0.05, 0) is 13.0 Å². The minimum Gasteiger partial charge on any atom is -0.466 e. The normalized spacial score (nSPS) is 10.1. The fourth-order valence-electron chi connectivity index (χ4n) is 1.31. The van der Waals surface area contributed by atoms with Crippen molar-refractivity contribution in [2.75, 3.05) is 11.9 Å². The fraction of sp³-hybridized carbons (Fsp3) is 0.333. The SMILES string of the molecule is CCOC(=O)CCC(=O)Nc1c(F)cc(F)cc1Cl. The Bertz CT molecular complexity index is 471. The molecule has 0 aromatic heterocycles. The van der Waals surface area contributed by atoms with Crippen LogP contribution in [0.15, 0.2) is 12.1 Å². The molecule has 0 radical (unpaired) electrons. The van der Waals surface area contributed by atoms with Crippen LogP contribution in [0, 0.1) is 11.6 Å². The lowest BCUT2D eigenvalue weighted by Gasteiger charge is -2.08. The van der Waals surface area contributed by atoms with Gasteiger partial charge in [0.05, 0.1) is 23.7 Å². The molecule has 0 aliphatic rings. The Morgan fingerprint density at radius 2 is 2.00 bits per heavy atom. The quantitative estimate of drug-likeness (QED) is 0.849. The van der Waals surface area contributed by atoms with Gasteiger partial charge in [-0.15, -0.1) is 0 Å². The molecule has 1 N–H and O–H groups in total. The Morgan fingerprint density at radius 1 is 1.32 bits per heavy atom. The number of esters is 1. The third-order valence-electron chi connectivity index (χ3n) is 2.13. The van der Waals surface area contributed by atoms with Gasteiger partial charge in [-0.1, -0.05) is 11.6 Å². The first-order valence-electron chi connectivity index (χ1n) is 5.54. The van der Waals surface area contributed by atoms with Crippen molar-refractivity contribution in [2.24, 2.45) is 0 Å². The van der Waals surface area contributed by atoms with Gasteiger partial charge in [0.2, 0.25) is 5.91 Å². The van der Waals surface area contributed by atoms with Crippen LogP contribution in [0.5, 0.6) is 0 Å². The molecule has 1 aromatic rings. The second-order valence-corrected chi connectivity index (χ2v) is 4.00. The number of benzene rings is 1. The lowest BCUT2D eigenvalue weighted by Crippen LogP contribution is -2.15. The van der Waals surface area contributed by atoms with E-state index in [0.717, 1.165) is 6.07 Å². The zero-order valence-electron chi connectivity index (χ0n) is 10.1. The van der Waals surface area contributed by atoms with E-state index in [-0.39, 0.29) is 30.2 Å². The van der Waals surface area contributed by atoms with Crippen LogP contribution in [0.25, 0.3) is 0 Å². The van der Waals surface area contributed by atoms with Crippen LogP contribution in [-0.4, -0.2) is 18.5 Å². The van der Waals surface area contributed by atoms with E-state index in [2.05, 4.69) is 10.1 Å². The highest BCUT2D eigenvalue weighted by atomic mass is 35.5. The van der Waals surface area contributed by atoms with E-state index in [4.69, 9.17) is 11.6 Å².